The molecule has 2 heterocycles. The van der Waals surface area contributed by atoms with E-state index in [4.69, 9.17) is 33.4 Å². The molecule has 0 atom stereocenters. The van der Waals surface area contributed by atoms with Crippen LogP contribution in [0.5, 0.6) is 0 Å². The molecule has 0 N–H and O–H groups in total. The van der Waals surface area contributed by atoms with Gasteiger partial charge in [-0.3, -0.25) is 4.98 Å². The van der Waals surface area contributed by atoms with Gasteiger partial charge in [-0.15, -0.1) is 0 Å². The molecular formula is C15H13Cl2N3. The fourth-order valence-electron chi connectivity index (χ4n) is 2.75. The van der Waals surface area contributed by atoms with Crippen molar-refractivity contribution in [3.05, 3.63) is 39.0 Å². The van der Waals surface area contributed by atoms with Crippen molar-refractivity contribution in [1.82, 2.24) is 9.88 Å². The number of nitrogens with zero attached hydrogens (tertiary/aromatic N) is 3. The summed E-state index contributed by atoms with van der Waals surface area (Å²) in [6.07, 6.45) is 1.25. The number of pyridine rings is 1. The highest BCUT2D eigenvalue weighted by molar-refractivity contribution is 6.45. The second kappa shape index (κ2) is 5.21. The molecule has 0 radical (unpaired) electrons. The normalized spacial score (nSPS) is 15.1. The molecule has 0 bridgehead atoms. The molecule has 2 aromatic rings. The maximum Gasteiger partial charge on any atom is 0.0910 e. The lowest BCUT2D eigenvalue weighted by molar-refractivity contribution is 0.309. The molecule has 3 rings (SSSR count). The number of halogens is 2. The molecule has 1 aromatic heterocycles. The predicted octanol–water partition coefficient (Wildman–Crippen LogP) is 3.60. The van der Waals surface area contributed by atoms with Crippen LogP contribution in [0.4, 0.5) is 0 Å². The molecule has 3 nitrogen and oxygen atoms in total. The quantitative estimate of drug-likeness (QED) is 0.808. The Bertz CT molecular complexity index is 734. The molecule has 102 valence electrons. The Balaban J connectivity index is 2.35. The zero-order valence-corrected chi connectivity index (χ0v) is 12.6. The standard InChI is InChI=1S/C15H13Cl2N3/c1-20-7-5-13-11(8-20)9(4-6-18)10-2-3-12(16)14(17)15(10)19-13/h2-3H,4-5,7-8H2,1H3. The van der Waals surface area contributed by atoms with Crippen molar-refractivity contribution in [2.24, 2.45) is 0 Å². The number of rotatable bonds is 1. The Morgan fingerprint density at radius 3 is 2.95 bits per heavy atom. The summed E-state index contributed by atoms with van der Waals surface area (Å²) in [6, 6.07) is 5.94. The molecule has 5 heteroatoms. The highest BCUT2D eigenvalue weighted by atomic mass is 35.5. The van der Waals surface area contributed by atoms with Gasteiger partial charge in [0, 0.05) is 30.6 Å². The first-order chi connectivity index (χ1) is 9.61. The van der Waals surface area contributed by atoms with Crippen molar-refractivity contribution >= 4 is 34.1 Å². The van der Waals surface area contributed by atoms with E-state index in [-0.39, 0.29) is 0 Å². The summed E-state index contributed by atoms with van der Waals surface area (Å²) in [7, 11) is 2.08. The molecule has 0 aliphatic carbocycles. The molecule has 1 aliphatic rings. The number of hydrogen-bond acceptors (Lipinski definition) is 3. The minimum atomic E-state index is 0.368. The van der Waals surface area contributed by atoms with Crippen LogP contribution in [0, 0.1) is 11.3 Å². The third-order valence-electron chi connectivity index (χ3n) is 3.77. The van der Waals surface area contributed by atoms with E-state index in [9.17, 15) is 0 Å². The van der Waals surface area contributed by atoms with Crippen LogP contribution in [0.15, 0.2) is 12.1 Å². The topological polar surface area (TPSA) is 39.9 Å². The third kappa shape index (κ3) is 2.14. The van der Waals surface area contributed by atoms with Crippen LogP contribution >= 0.6 is 23.2 Å². The van der Waals surface area contributed by atoms with Crippen molar-refractivity contribution in [3.63, 3.8) is 0 Å². The van der Waals surface area contributed by atoms with E-state index < -0.39 is 0 Å². The van der Waals surface area contributed by atoms with E-state index in [1.54, 1.807) is 6.07 Å². The first-order valence-corrected chi connectivity index (χ1v) is 7.21. The SMILES string of the molecule is CN1CCc2nc3c(Cl)c(Cl)ccc3c(CC#N)c2C1. The summed E-state index contributed by atoms with van der Waals surface area (Å²) in [5.41, 5.74) is 3.97. The second-order valence-corrected chi connectivity index (χ2v) is 5.88. The van der Waals surface area contributed by atoms with Crippen molar-refractivity contribution in [3.8, 4) is 6.07 Å². The van der Waals surface area contributed by atoms with E-state index in [1.165, 1.54) is 5.56 Å². The molecule has 0 saturated heterocycles. The minimum absolute atomic E-state index is 0.368. The summed E-state index contributed by atoms with van der Waals surface area (Å²) < 4.78 is 0. The van der Waals surface area contributed by atoms with Crippen molar-refractivity contribution < 1.29 is 0 Å². The number of nitriles is 1. The molecule has 1 aromatic carbocycles. The highest BCUT2D eigenvalue weighted by Gasteiger charge is 2.21. The van der Waals surface area contributed by atoms with Gasteiger partial charge in [-0.1, -0.05) is 29.3 Å². The zero-order chi connectivity index (χ0) is 14.3. The maximum absolute atomic E-state index is 9.13. The van der Waals surface area contributed by atoms with E-state index >= 15 is 0 Å². The number of hydrogen-bond donors (Lipinski definition) is 0. The first-order valence-electron chi connectivity index (χ1n) is 6.45. The van der Waals surface area contributed by atoms with Crippen molar-refractivity contribution in [2.45, 2.75) is 19.4 Å². The predicted molar refractivity (Wildman–Crippen MR) is 81.1 cm³/mol. The molecule has 20 heavy (non-hydrogen) atoms. The molecule has 0 spiro atoms. The second-order valence-electron chi connectivity index (χ2n) is 5.10. The average Bonchev–Trinajstić information content (AvgIpc) is 2.44. The smallest absolute Gasteiger partial charge is 0.0910 e. The fraction of sp³-hybridized carbons (Fsp3) is 0.333. The molecule has 1 aliphatic heterocycles. The van der Waals surface area contributed by atoms with E-state index in [0.29, 0.717) is 22.0 Å². The van der Waals surface area contributed by atoms with Gasteiger partial charge in [0.05, 0.1) is 28.1 Å². The van der Waals surface area contributed by atoms with Crippen LogP contribution in [-0.2, 0) is 19.4 Å². The monoisotopic (exact) mass is 305 g/mol. The van der Waals surface area contributed by atoms with Gasteiger partial charge in [-0.05, 0) is 24.2 Å². The lowest BCUT2D eigenvalue weighted by Crippen LogP contribution is -2.28. The molecule has 0 fully saturated rings. The summed E-state index contributed by atoms with van der Waals surface area (Å²) >= 11 is 12.4. The molecule has 0 saturated carbocycles. The third-order valence-corrected chi connectivity index (χ3v) is 4.56. The Morgan fingerprint density at radius 2 is 2.20 bits per heavy atom. The molecule has 0 amide bonds. The van der Waals surface area contributed by atoms with Gasteiger partial charge in [0.25, 0.3) is 0 Å². The lowest BCUT2D eigenvalue weighted by atomic mass is 9.94. The van der Waals surface area contributed by atoms with E-state index in [2.05, 4.69) is 18.0 Å². The first kappa shape index (κ1) is 13.6. The summed E-state index contributed by atoms with van der Waals surface area (Å²) in [5, 5.41) is 11.0. The van der Waals surface area contributed by atoms with Crippen LogP contribution in [0.1, 0.15) is 16.8 Å². The Kier molecular flexibility index (Phi) is 3.55. The van der Waals surface area contributed by atoms with Crippen LogP contribution in [0.2, 0.25) is 10.0 Å². The fourth-order valence-corrected chi connectivity index (χ4v) is 3.11. The van der Waals surface area contributed by atoms with Gasteiger partial charge in [0.2, 0.25) is 0 Å². The minimum Gasteiger partial charge on any atom is -0.302 e. The van der Waals surface area contributed by atoms with Gasteiger partial charge >= 0.3 is 0 Å². The van der Waals surface area contributed by atoms with E-state index in [1.807, 2.05) is 6.07 Å². The van der Waals surface area contributed by atoms with Gasteiger partial charge in [0.1, 0.15) is 0 Å². The maximum atomic E-state index is 9.13. The number of fused-ring (bicyclic) bond motifs is 2. The molecular weight excluding hydrogens is 293 g/mol. The Morgan fingerprint density at radius 1 is 1.40 bits per heavy atom. The van der Waals surface area contributed by atoms with Gasteiger partial charge in [-0.2, -0.15) is 5.26 Å². The largest absolute Gasteiger partial charge is 0.302 e. The van der Waals surface area contributed by atoms with Gasteiger partial charge in [0.15, 0.2) is 0 Å². The van der Waals surface area contributed by atoms with Crippen LogP contribution in [0.25, 0.3) is 10.9 Å². The van der Waals surface area contributed by atoms with E-state index in [0.717, 1.165) is 36.2 Å². The number of aromatic nitrogens is 1. The molecule has 0 unspecified atom stereocenters. The van der Waals surface area contributed by atoms with Gasteiger partial charge < -0.3 is 4.90 Å². The van der Waals surface area contributed by atoms with Gasteiger partial charge in [-0.25, -0.2) is 0 Å². The van der Waals surface area contributed by atoms with Crippen LogP contribution < -0.4 is 0 Å². The lowest BCUT2D eigenvalue weighted by Gasteiger charge is -2.27. The Labute approximate surface area is 127 Å². The van der Waals surface area contributed by atoms with Crippen molar-refractivity contribution in [1.29, 1.82) is 5.26 Å². The number of likely N-dealkylation sites (N-methyl/N-ethyl adjacent to an activating group) is 1. The summed E-state index contributed by atoms with van der Waals surface area (Å²) in [4.78, 5) is 6.95. The highest BCUT2D eigenvalue weighted by Crippen LogP contribution is 2.35. The number of benzene rings is 1. The zero-order valence-electron chi connectivity index (χ0n) is 11.1. The van der Waals surface area contributed by atoms with Crippen LogP contribution in [-0.4, -0.2) is 23.5 Å². The summed E-state index contributed by atoms with van der Waals surface area (Å²) in [6.45, 7) is 1.80. The average molecular weight is 306 g/mol. The Hall–Kier alpha value is -1.34. The summed E-state index contributed by atoms with van der Waals surface area (Å²) in [5.74, 6) is 0. The van der Waals surface area contributed by atoms with Crippen molar-refractivity contribution in [2.75, 3.05) is 13.6 Å². The van der Waals surface area contributed by atoms with Crippen LogP contribution in [0.3, 0.4) is 0 Å².